The van der Waals surface area contributed by atoms with Gasteiger partial charge in [-0.15, -0.1) is 10.2 Å². The van der Waals surface area contributed by atoms with Gasteiger partial charge in [0.1, 0.15) is 22.5 Å². The first-order valence-corrected chi connectivity index (χ1v) is 17.7. The Bertz CT molecular complexity index is 2920. The molecule has 8 rings (SSSR count). The van der Waals surface area contributed by atoms with Crippen molar-refractivity contribution < 1.29 is 19.5 Å². The summed E-state index contributed by atoms with van der Waals surface area (Å²) in [6.45, 7) is 6.79. The Morgan fingerprint density at radius 3 is 1.88 bits per heavy atom. The fourth-order valence-corrected chi connectivity index (χ4v) is 6.34. The van der Waals surface area contributed by atoms with Crippen molar-refractivity contribution in [2.75, 3.05) is 22.9 Å². The van der Waals surface area contributed by atoms with Gasteiger partial charge in [-0.05, 0) is 69.5 Å². The van der Waals surface area contributed by atoms with E-state index in [-0.39, 0.29) is 71.8 Å². The van der Waals surface area contributed by atoms with E-state index in [0.717, 1.165) is 11.4 Å². The number of para-hydroxylation sites is 1. The van der Waals surface area contributed by atoms with Crippen LogP contribution in [0.2, 0.25) is 5.02 Å². The van der Waals surface area contributed by atoms with Gasteiger partial charge in [0.15, 0.2) is 34.5 Å². The van der Waals surface area contributed by atoms with Crippen molar-refractivity contribution in [3.63, 3.8) is 0 Å². The average Bonchev–Trinajstić information content (AvgIpc) is 3.81. The predicted octanol–water partition coefficient (Wildman–Crippen LogP) is 5.44. The van der Waals surface area contributed by atoms with Crippen LogP contribution in [0.4, 0.5) is 23.3 Å². The first-order valence-electron chi connectivity index (χ1n) is 17.3. The lowest BCUT2D eigenvalue weighted by atomic mass is 10.1. The summed E-state index contributed by atoms with van der Waals surface area (Å²) >= 11 is 6.38. The van der Waals surface area contributed by atoms with E-state index in [1.54, 1.807) is 48.1 Å². The molecule has 0 aliphatic heterocycles. The number of amides is 1. The van der Waals surface area contributed by atoms with E-state index in [4.69, 9.17) is 39.6 Å². The molecule has 20 heteroatoms. The number of nitrogens with two attached hydrogens (primary N) is 4. The molecule has 1 atom stereocenters. The number of Topliss-reactive ketones (excluding diaryl/α,β-unsaturated/α-hetero) is 1. The minimum absolute atomic E-state index is 0. The van der Waals surface area contributed by atoms with Crippen LogP contribution in [0.1, 0.15) is 82.9 Å². The van der Waals surface area contributed by atoms with Crippen molar-refractivity contribution in [3.05, 3.63) is 128 Å². The highest BCUT2D eigenvalue weighted by molar-refractivity contribution is 6.35. The van der Waals surface area contributed by atoms with Crippen molar-refractivity contribution in [1.29, 1.82) is 0 Å². The molecule has 0 spiro atoms. The summed E-state index contributed by atoms with van der Waals surface area (Å²) in [4.78, 5) is 56.9. The van der Waals surface area contributed by atoms with E-state index < -0.39 is 17.9 Å². The molecule has 8 aromatic rings. The molecular formula is C40H45ClN14O5. The monoisotopic (exact) mass is 836 g/mol. The molecule has 0 saturated heterocycles. The van der Waals surface area contributed by atoms with Gasteiger partial charge in [-0.3, -0.25) is 24.0 Å². The van der Waals surface area contributed by atoms with Gasteiger partial charge in [-0.2, -0.15) is 5.10 Å². The van der Waals surface area contributed by atoms with E-state index in [0.29, 0.717) is 32.8 Å². The number of halogens is 1. The molecule has 312 valence electrons. The van der Waals surface area contributed by atoms with Gasteiger partial charge >= 0.3 is 5.97 Å². The Kier molecular flexibility index (Phi) is 13.6. The number of carboxylic acid groups (broad SMARTS) is 1. The van der Waals surface area contributed by atoms with Crippen molar-refractivity contribution in [2.24, 2.45) is 0 Å². The average molecular weight is 837 g/mol. The molecule has 0 fully saturated rings. The van der Waals surface area contributed by atoms with Gasteiger partial charge < -0.3 is 33.4 Å². The Morgan fingerprint density at radius 2 is 1.37 bits per heavy atom. The van der Waals surface area contributed by atoms with Crippen LogP contribution in [0.15, 0.2) is 83.9 Å². The minimum Gasteiger partial charge on any atom is -0.477 e. The van der Waals surface area contributed by atoms with E-state index in [2.05, 4.69) is 35.7 Å². The number of aromatic carboxylic acids is 1. The van der Waals surface area contributed by atoms with Crippen LogP contribution in [0.3, 0.4) is 0 Å². The Labute approximate surface area is 348 Å². The van der Waals surface area contributed by atoms with Gasteiger partial charge in [0.25, 0.3) is 11.5 Å². The summed E-state index contributed by atoms with van der Waals surface area (Å²) in [6.07, 6.45) is 3.33. The van der Waals surface area contributed by atoms with Crippen LogP contribution in [-0.2, 0) is 0 Å². The molecular weight excluding hydrogens is 792 g/mol. The topological polar surface area (TPSA) is 299 Å². The summed E-state index contributed by atoms with van der Waals surface area (Å²) in [6, 6.07) is 19.3. The van der Waals surface area contributed by atoms with E-state index in [1.807, 2.05) is 56.3 Å². The quantitative estimate of drug-likeness (QED) is 0.103. The van der Waals surface area contributed by atoms with Crippen molar-refractivity contribution in [2.45, 2.75) is 48.6 Å². The number of nitrogens with one attached hydrogen (secondary N) is 2. The number of H-pyrrole nitrogens is 1. The number of fused-ring (bicyclic) bond motifs is 3. The fourth-order valence-electron chi connectivity index (χ4n) is 6.08. The van der Waals surface area contributed by atoms with Crippen LogP contribution in [0, 0.1) is 13.8 Å². The summed E-state index contributed by atoms with van der Waals surface area (Å²) < 4.78 is 4.40. The third-order valence-corrected chi connectivity index (χ3v) is 9.06. The number of benzene rings is 2. The first kappa shape index (κ1) is 44.9. The van der Waals surface area contributed by atoms with Crippen LogP contribution >= 0.6 is 11.6 Å². The molecule has 2 aromatic carbocycles. The Hall–Kier alpha value is -7.80. The highest BCUT2D eigenvalue weighted by atomic mass is 35.5. The summed E-state index contributed by atoms with van der Waals surface area (Å²) in [7, 11) is 0. The van der Waals surface area contributed by atoms with Crippen molar-refractivity contribution in [3.8, 4) is 5.69 Å². The van der Waals surface area contributed by atoms with Gasteiger partial charge in [-0.25, -0.2) is 23.8 Å². The highest BCUT2D eigenvalue weighted by Gasteiger charge is 2.24. The third kappa shape index (κ3) is 8.85. The number of aryl methyl sites for hydroxylation is 2. The molecule has 6 heterocycles. The number of aromatic amines is 1. The molecule has 6 aromatic heterocycles. The lowest BCUT2D eigenvalue weighted by molar-refractivity contribution is 0.0699. The molecule has 0 aliphatic rings. The molecule has 11 N–H and O–H groups in total. The standard InChI is InChI=1S/C25H21ClN6O2.C8H8N4O2.C5H8N4O.2CH4/c1-14-11-12-31-23(28-14)21(22(27)30-31)24(33)29-15(2)19-13-16-7-6-10-18(26)20(16)25(34)32(19)17-8-4-3-5-9-17;1-4-2-3-12-7(10-4)5(8(13)14)6(9)11-12;1-2(10)3-4(6)8-9-5(3)7;;/h3-13,15H,1-2H3,(H2,27,30)(H,29,33);2-3H,1H3,(H2,9,11)(H,13,14);1H3,(H5,6,7,8,9);2*1H4/t15-;;;;/m0..../s1. The van der Waals surface area contributed by atoms with E-state index in [1.165, 1.54) is 16.0 Å². The largest absolute Gasteiger partial charge is 0.477 e. The van der Waals surface area contributed by atoms with Crippen LogP contribution in [0.25, 0.3) is 27.8 Å². The zero-order valence-electron chi connectivity index (χ0n) is 31.4. The van der Waals surface area contributed by atoms with Crippen LogP contribution in [0.5, 0.6) is 0 Å². The number of ketones is 1. The summed E-state index contributed by atoms with van der Waals surface area (Å²) in [5.74, 6) is -1.28. The molecule has 19 nitrogen and oxygen atoms in total. The Balaban J connectivity index is 0.000000250. The second kappa shape index (κ2) is 18.2. The second-order valence-corrected chi connectivity index (χ2v) is 13.3. The molecule has 0 aliphatic carbocycles. The van der Waals surface area contributed by atoms with Gasteiger partial charge in [0.2, 0.25) is 0 Å². The molecule has 1 amide bonds. The third-order valence-electron chi connectivity index (χ3n) is 8.75. The zero-order valence-corrected chi connectivity index (χ0v) is 32.2. The van der Waals surface area contributed by atoms with Crippen molar-refractivity contribution >= 4 is 74.6 Å². The lowest BCUT2D eigenvalue weighted by Crippen LogP contribution is -2.32. The highest BCUT2D eigenvalue weighted by Crippen LogP contribution is 2.26. The first-order chi connectivity index (χ1) is 27.6. The number of nitrogens with zero attached hydrogens (tertiary/aromatic N) is 8. The van der Waals surface area contributed by atoms with Gasteiger partial charge in [0, 0.05) is 35.2 Å². The molecule has 60 heavy (non-hydrogen) atoms. The predicted molar refractivity (Wildman–Crippen MR) is 233 cm³/mol. The molecule has 0 saturated carbocycles. The maximum Gasteiger partial charge on any atom is 0.343 e. The number of hydrogen-bond donors (Lipinski definition) is 7. The number of aromatic nitrogens is 9. The fraction of sp³-hybridized carbons (Fsp3) is 0.175. The molecule has 0 unspecified atom stereocenters. The molecule has 0 bridgehead atoms. The van der Waals surface area contributed by atoms with Crippen LogP contribution in [-0.4, -0.2) is 66.7 Å². The normalized spacial score (nSPS) is 11.0. The number of pyridine rings is 1. The van der Waals surface area contributed by atoms with Crippen LogP contribution < -0.4 is 33.8 Å². The smallest absolute Gasteiger partial charge is 0.343 e. The second-order valence-electron chi connectivity index (χ2n) is 12.9. The Morgan fingerprint density at radius 1 is 0.800 bits per heavy atom. The SMILES string of the molecule is C.C.CC(=O)c1c(N)n[nH]c1N.Cc1ccn2nc(N)c(C(=O)N[C@@H](C)c3cc4cccc(Cl)c4c(=O)n3-c3ccccc3)c2n1.Cc1ccn2nc(N)c(C(=O)O)c2n1. The zero-order chi connectivity index (χ0) is 42.0. The van der Waals surface area contributed by atoms with E-state index in [9.17, 15) is 19.2 Å². The number of nitrogen functional groups attached to an aromatic ring is 4. The van der Waals surface area contributed by atoms with Gasteiger partial charge in [0.05, 0.1) is 16.5 Å². The number of carbonyl (C=O) groups excluding carboxylic acids is 2. The van der Waals surface area contributed by atoms with Gasteiger partial charge in [-0.1, -0.05) is 56.8 Å². The maximum absolute atomic E-state index is 13.6. The lowest BCUT2D eigenvalue weighted by Gasteiger charge is -2.21. The van der Waals surface area contributed by atoms with Crippen molar-refractivity contribution in [1.82, 2.24) is 49.3 Å². The number of hydrogen-bond acceptors (Lipinski definition) is 13. The number of carboxylic acids is 1. The summed E-state index contributed by atoms with van der Waals surface area (Å²) in [5, 5.41) is 27.3. The molecule has 0 radical (unpaired) electrons. The minimum atomic E-state index is -1.12. The summed E-state index contributed by atoms with van der Waals surface area (Å²) in [5.41, 5.74) is 25.6. The number of anilines is 4. The maximum atomic E-state index is 13.6. The number of carbonyl (C=O) groups is 3. The van der Waals surface area contributed by atoms with E-state index >= 15 is 0 Å². The number of rotatable bonds is 6.